The minimum atomic E-state index is -3.78. The van der Waals surface area contributed by atoms with Crippen LogP contribution in [0.25, 0.3) is 0 Å². The van der Waals surface area contributed by atoms with Crippen molar-refractivity contribution in [3.8, 4) is 0 Å². The molecule has 1 aliphatic heterocycles. The molecule has 1 aliphatic rings. The van der Waals surface area contributed by atoms with Gasteiger partial charge in [0, 0.05) is 26.3 Å². The number of hydrogen-bond donors (Lipinski definition) is 0. The van der Waals surface area contributed by atoms with E-state index in [-0.39, 0.29) is 10.9 Å². The van der Waals surface area contributed by atoms with Crippen LogP contribution in [0, 0.1) is 12.7 Å². The SMILES string of the molecule is COCCC[C@@H]1CCCCN1S(=O)(=O)c1ccc(C)cc1F. The van der Waals surface area contributed by atoms with Crippen molar-refractivity contribution < 1.29 is 17.5 Å². The molecule has 1 fully saturated rings. The summed E-state index contributed by atoms with van der Waals surface area (Å²) in [5.74, 6) is -0.666. The molecule has 1 aromatic carbocycles. The van der Waals surface area contributed by atoms with E-state index in [1.165, 1.54) is 16.4 Å². The first-order chi connectivity index (χ1) is 10.5. The molecule has 4 nitrogen and oxygen atoms in total. The Hall–Kier alpha value is -0.980. The summed E-state index contributed by atoms with van der Waals surface area (Å²) in [6.45, 7) is 2.82. The van der Waals surface area contributed by atoms with E-state index >= 15 is 0 Å². The zero-order chi connectivity index (χ0) is 16.2. The molecule has 0 saturated carbocycles. The van der Waals surface area contributed by atoms with Crippen LogP contribution in [-0.2, 0) is 14.8 Å². The molecule has 0 aromatic heterocycles. The van der Waals surface area contributed by atoms with Crippen molar-refractivity contribution in [2.24, 2.45) is 0 Å². The van der Waals surface area contributed by atoms with Crippen molar-refractivity contribution in [3.63, 3.8) is 0 Å². The normalized spacial score (nSPS) is 20.2. The molecular formula is C16H24FNO3S. The van der Waals surface area contributed by atoms with Gasteiger partial charge in [-0.05, 0) is 50.3 Å². The van der Waals surface area contributed by atoms with Crippen molar-refractivity contribution in [3.05, 3.63) is 29.6 Å². The van der Waals surface area contributed by atoms with E-state index in [1.54, 1.807) is 20.1 Å². The molecule has 0 radical (unpaired) electrons. The van der Waals surface area contributed by atoms with Crippen LogP contribution in [-0.4, -0.2) is 39.0 Å². The van der Waals surface area contributed by atoms with Gasteiger partial charge in [-0.2, -0.15) is 4.31 Å². The summed E-state index contributed by atoms with van der Waals surface area (Å²) in [5, 5.41) is 0. The smallest absolute Gasteiger partial charge is 0.246 e. The topological polar surface area (TPSA) is 46.6 Å². The summed E-state index contributed by atoms with van der Waals surface area (Å²) in [6.07, 6.45) is 4.23. The lowest BCUT2D eigenvalue weighted by Gasteiger charge is -2.34. The Bertz CT molecular complexity index is 603. The predicted molar refractivity (Wildman–Crippen MR) is 83.8 cm³/mol. The van der Waals surface area contributed by atoms with Gasteiger partial charge in [0.1, 0.15) is 10.7 Å². The maximum atomic E-state index is 14.1. The maximum absolute atomic E-state index is 14.1. The Morgan fingerprint density at radius 3 is 2.82 bits per heavy atom. The number of hydrogen-bond acceptors (Lipinski definition) is 3. The second-order valence-electron chi connectivity index (χ2n) is 5.83. The number of piperidine rings is 1. The van der Waals surface area contributed by atoms with Crippen LogP contribution in [0.4, 0.5) is 4.39 Å². The molecule has 0 aliphatic carbocycles. The highest BCUT2D eigenvalue weighted by Gasteiger charge is 2.34. The van der Waals surface area contributed by atoms with Crippen LogP contribution >= 0.6 is 0 Å². The molecule has 0 amide bonds. The summed E-state index contributed by atoms with van der Waals surface area (Å²) in [5.41, 5.74) is 0.715. The number of sulfonamides is 1. The number of ether oxygens (including phenoxy) is 1. The second-order valence-corrected chi connectivity index (χ2v) is 7.69. The zero-order valence-corrected chi connectivity index (χ0v) is 14.0. The Balaban J connectivity index is 2.24. The van der Waals surface area contributed by atoms with Gasteiger partial charge in [-0.1, -0.05) is 12.5 Å². The molecule has 0 bridgehead atoms. The van der Waals surface area contributed by atoms with Crippen molar-refractivity contribution in [2.45, 2.75) is 50.0 Å². The molecule has 1 atom stereocenters. The average Bonchev–Trinajstić information content (AvgIpc) is 2.47. The van der Waals surface area contributed by atoms with Crippen LogP contribution in [0.15, 0.2) is 23.1 Å². The third kappa shape index (κ3) is 3.86. The fourth-order valence-corrected chi connectivity index (χ4v) is 4.75. The van der Waals surface area contributed by atoms with Gasteiger partial charge in [0.05, 0.1) is 0 Å². The molecule has 1 saturated heterocycles. The Labute approximate surface area is 132 Å². The molecular weight excluding hydrogens is 305 g/mol. The highest BCUT2D eigenvalue weighted by Crippen LogP contribution is 2.29. The Morgan fingerprint density at radius 2 is 2.14 bits per heavy atom. The minimum Gasteiger partial charge on any atom is -0.385 e. The van der Waals surface area contributed by atoms with E-state index in [0.717, 1.165) is 32.1 Å². The predicted octanol–water partition coefficient (Wildman–Crippen LogP) is 3.10. The zero-order valence-electron chi connectivity index (χ0n) is 13.2. The van der Waals surface area contributed by atoms with Gasteiger partial charge in [0.15, 0.2) is 0 Å². The van der Waals surface area contributed by atoms with Gasteiger partial charge in [-0.15, -0.1) is 0 Å². The van der Waals surface area contributed by atoms with Crippen molar-refractivity contribution >= 4 is 10.0 Å². The highest BCUT2D eigenvalue weighted by molar-refractivity contribution is 7.89. The second kappa shape index (κ2) is 7.53. The Kier molecular flexibility index (Phi) is 5.94. The molecule has 6 heteroatoms. The maximum Gasteiger partial charge on any atom is 0.246 e. The summed E-state index contributed by atoms with van der Waals surface area (Å²) in [4.78, 5) is -0.211. The minimum absolute atomic E-state index is 0.0606. The van der Waals surface area contributed by atoms with Gasteiger partial charge >= 0.3 is 0 Å². The number of methoxy groups -OCH3 is 1. The summed E-state index contributed by atoms with van der Waals surface area (Å²) < 4.78 is 46.3. The highest BCUT2D eigenvalue weighted by atomic mass is 32.2. The molecule has 124 valence electrons. The first kappa shape index (κ1) is 17.4. The van der Waals surface area contributed by atoms with Gasteiger partial charge in [-0.25, -0.2) is 12.8 Å². The lowest BCUT2D eigenvalue weighted by molar-refractivity contribution is 0.172. The quantitative estimate of drug-likeness (QED) is 0.754. The summed E-state index contributed by atoms with van der Waals surface area (Å²) in [7, 11) is -2.14. The van der Waals surface area contributed by atoms with E-state index in [2.05, 4.69) is 0 Å². The largest absolute Gasteiger partial charge is 0.385 e. The average molecular weight is 329 g/mol. The van der Waals surface area contributed by atoms with Gasteiger partial charge < -0.3 is 4.74 Å². The molecule has 0 unspecified atom stereocenters. The van der Waals surface area contributed by atoms with Crippen LogP contribution in [0.1, 0.15) is 37.7 Å². The molecule has 0 spiro atoms. The molecule has 22 heavy (non-hydrogen) atoms. The number of rotatable bonds is 6. The van der Waals surface area contributed by atoms with Gasteiger partial charge in [-0.3, -0.25) is 0 Å². The molecule has 1 heterocycles. The third-order valence-electron chi connectivity index (χ3n) is 4.13. The number of nitrogens with zero attached hydrogens (tertiary/aromatic N) is 1. The van der Waals surface area contributed by atoms with E-state index in [0.29, 0.717) is 18.7 Å². The monoisotopic (exact) mass is 329 g/mol. The first-order valence-corrected chi connectivity index (χ1v) is 9.17. The van der Waals surface area contributed by atoms with Crippen LogP contribution in [0.5, 0.6) is 0 Å². The summed E-state index contributed by atoms with van der Waals surface area (Å²) in [6, 6.07) is 4.23. The van der Waals surface area contributed by atoms with Crippen molar-refractivity contribution in [1.29, 1.82) is 0 Å². The van der Waals surface area contributed by atoms with E-state index in [4.69, 9.17) is 4.74 Å². The van der Waals surface area contributed by atoms with E-state index < -0.39 is 15.8 Å². The van der Waals surface area contributed by atoms with E-state index in [9.17, 15) is 12.8 Å². The van der Waals surface area contributed by atoms with Gasteiger partial charge in [0.2, 0.25) is 10.0 Å². The summed E-state index contributed by atoms with van der Waals surface area (Å²) >= 11 is 0. The van der Waals surface area contributed by atoms with Crippen LogP contribution in [0.2, 0.25) is 0 Å². The molecule has 2 rings (SSSR count). The Morgan fingerprint density at radius 1 is 1.36 bits per heavy atom. The van der Waals surface area contributed by atoms with Gasteiger partial charge in [0.25, 0.3) is 0 Å². The van der Waals surface area contributed by atoms with Crippen LogP contribution < -0.4 is 0 Å². The fraction of sp³-hybridized carbons (Fsp3) is 0.625. The molecule has 1 aromatic rings. The standard InChI is InChI=1S/C16H24FNO3S/c1-13-8-9-16(15(17)12-13)22(19,20)18-10-4-3-6-14(18)7-5-11-21-2/h8-9,12,14H,3-7,10-11H2,1-2H3/t14-/m0/s1. The number of aryl methyl sites for hydroxylation is 1. The van der Waals surface area contributed by atoms with Crippen molar-refractivity contribution in [2.75, 3.05) is 20.3 Å². The molecule has 0 N–H and O–H groups in total. The number of halogens is 1. The van der Waals surface area contributed by atoms with Crippen molar-refractivity contribution in [1.82, 2.24) is 4.31 Å². The fourth-order valence-electron chi connectivity index (χ4n) is 2.98. The lowest BCUT2D eigenvalue weighted by Crippen LogP contribution is -2.44. The number of benzene rings is 1. The van der Waals surface area contributed by atoms with E-state index in [1.807, 2.05) is 0 Å². The van der Waals surface area contributed by atoms with Crippen LogP contribution in [0.3, 0.4) is 0 Å². The third-order valence-corrected chi connectivity index (χ3v) is 6.12. The lowest BCUT2D eigenvalue weighted by atomic mass is 10.0. The first-order valence-electron chi connectivity index (χ1n) is 7.73.